The van der Waals surface area contributed by atoms with Crippen LogP contribution in [0.15, 0.2) is 24.3 Å². The summed E-state index contributed by atoms with van der Waals surface area (Å²) in [6.45, 7) is 2.17. The molecule has 3 nitrogen and oxygen atoms in total. The summed E-state index contributed by atoms with van der Waals surface area (Å²) < 4.78 is 39.1. The van der Waals surface area contributed by atoms with Gasteiger partial charge in [0.15, 0.2) is 0 Å². The number of halogens is 3. The van der Waals surface area contributed by atoms with Crippen LogP contribution < -0.4 is 5.32 Å². The highest BCUT2D eigenvalue weighted by atomic mass is 19.4. The number of rotatable bonds is 8. The Bertz CT molecular complexity index is 681. The lowest BCUT2D eigenvalue weighted by Gasteiger charge is -2.30. The minimum absolute atomic E-state index is 0.0181. The molecule has 1 aromatic rings. The van der Waals surface area contributed by atoms with Gasteiger partial charge in [0.05, 0.1) is 12.1 Å². The van der Waals surface area contributed by atoms with Crippen molar-refractivity contribution in [1.82, 2.24) is 10.2 Å². The third kappa shape index (κ3) is 4.65. The molecule has 0 bridgehead atoms. The monoisotopic (exact) mass is 380 g/mol. The molecule has 0 aromatic heterocycles. The fourth-order valence-corrected chi connectivity index (χ4v) is 4.08. The number of nitrogens with one attached hydrogen (secondary N) is 1. The fraction of sp³-hybridized carbons (Fsp3) is 0.667. The Kier molecular flexibility index (Phi) is 4.95. The van der Waals surface area contributed by atoms with Crippen LogP contribution in [0.5, 0.6) is 0 Å². The van der Waals surface area contributed by atoms with Gasteiger partial charge in [-0.25, -0.2) is 0 Å². The smallest absolute Gasteiger partial charge is 0.352 e. The predicted octanol–water partition coefficient (Wildman–Crippen LogP) is 4.54. The van der Waals surface area contributed by atoms with Gasteiger partial charge in [0, 0.05) is 18.1 Å². The number of alkyl halides is 3. The zero-order valence-corrected chi connectivity index (χ0v) is 15.6. The summed E-state index contributed by atoms with van der Waals surface area (Å²) in [5.41, 5.74) is -0.0139. The molecular formula is C21H27F3N2O. The molecule has 148 valence electrons. The number of hydrogen-bond acceptors (Lipinski definition) is 2. The molecule has 0 heterocycles. The van der Waals surface area contributed by atoms with Gasteiger partial charge in [-0.2, -0.15) is 13.2 Å². The minimum atomic E-state index is -4.35. The van der Waals surface area contributed by atoms with Crippen molar-refractivity contribution in [3.05, 3.63) is 35.4 Å². The second-order valence-corrected chi connectivity index (χ2v) is 8.47. The quantitative estimate of drug-likeness (QED) is 0.718. The molecule has 6 heteroatoms. The zero-order valence-electron chi connectivity index (χ0n) is 15.6. The number of carbonyl (C=O) groups is 1. The Morgan fingerprint density at radius 3 is 2.30 bits per heavy atom. The van der Waals surface area contributed by atoms with Gasteiger partial charge in [0.1, 0.15) is 0 Å². The fourth-order valence-electron chi connectivity index (χ4n) is 4.08. The van der Waals surface area contributed by atoms with E-state index in [9.17, 15) is 18.0 Å². The molecule has 1 unspecified atom stereocenters. The van der Waals surface area contributed by atoms with Crippen LogP contribution >= 0.6 is 0 Å². The van der Waals surface area contributed by atoms with E-state index < -0.39 is 11.7 Å². The number of nitrogens with zero attached hydrogens (tertiary/aromatic N) is 1. The van der Waals surface area contributed by atoms with Crippen LogP contribution in [0.2, 0.25) is 0 Å². The van der Waals surface area contributed by atoms with Crippen molar-refractivity contribution in [3.8, 4) is 0 Å². The summed E-state index contributed by atoms with van der Waals surface area (Å²) >= 11 is 0. The standard InChI is InChI=1S/C21H27F3N2O/c1-13(16-3-2-4-17(11-16)21(22,23)24)26(18-9-10-18)12-19(27)25-20(14-5-6-14)15-7-8-15/h2-4,11,13-15,18,20H,5-10,12H2,1H3,(H,25,27). The normalized spacial score (nSPS) is 21.6. The van der Waals surface area contributed by atoms with Crippen molar-refractivity contribution < 1.29 is 18.0 Å². The molecule has 3 saturated carbocycles. The molecule has 1 aromatic carbocycles. The molecule has 1 atom stereocenters. The Hall–Kier alpha value is -1.56. The topological polar surface area (TPSA) is 32.3 Å². The number of amides is 1. The maximum Gasteiger partial charge on any atom is 0.416 e. The van der Waals surface area contributed by atoms with Crippen molar-refractivity contribution in [3.63, 3.8) is 0 Å². The molecule has 27 heavy (non-hydrogen) atoms. The van der Waals surface area contributed by atoms with E-state index in [4.69, 9.17) is 0 Å². The maximum atomic E-state index is 13.0. The first-order chi connectivity index (χ1) is 12.8. The summed E-state index contributed by atoms with van der Waals surface area (Å²) in [6, 6.07) is 5.88. The summed E-state index contributed by atoms with van der Waals surface area (Å²) in [7, 11) is 0. The second kappa shape index (κ2) is 7.12. The number of carbonyl (C=O) groups excluding carboxylic acids is 1. The summed E-state index contributed by atoms with van der Waals surface area (Å²) in [4.78, 5) is 14.8. The van der Waals surface area contributed by atoms with Crippen molar-refractivity contribution in [2.75, 3.05) is 6.54 Å². The van der Waals surface area contributed by atoms with Crippen LogP contribution in [0.25, 0.3) is 0 Å². The van der Waals surface area contributed by atoms with Crippen LogP contribution in [0.4, 0.5) is 13.2 Å². The molecule has 1 amide bonds. The van der Waals surface area contributed by atoms with Crippen LogP contribution in [-0.2, 0) is 11.0 Å². The second-order valence-electron chi connectivity index (χ2n) is 8.47. The maximum absolute atomic E-state index is 13.0. The highest BCUT2D eigenvalue weighted by molar-refractivity contribution is 5.78. The molecule has 3 aliphatic rings. The van der Waals surface area contributed by atoms with Gasteiger partial charge >= 0.3 is 6.18 Å². The van der Waals surface area contributed by atoms with E-state index in [1.165, 1.54) is 37.8 Å². The molecule has 4 rings (SSSR count). The van der Waals surface area contributed by atoms with Crippen LogP contribution in [-0.4, -0.2) is 29.4 Å². The number of hydrogen-bond donors (Lipinski definition) is 1. The lowest BCUT2D eigenvalue weighted by Crippen LogP contribution is -2.45. The van der Waals surface area contributed by atoms with Gasteiger partial charge in [-0.05, 0) is 75.0 Å². The Morgan fingerprint density at radius 1 is 1.15 bits per heavy atom. The van der Waals surface area contributed by atoms with Crippen molar-refractivity contribution in [2.24, 2.45) is 11.8 Å². The molecule has 0 saturated heterocycles. The molecular weight excluding hydrogens is 353 g/mol. The molecule has 0 radical (unpaired) electrons. The summed E-state index contributed by atoms with van der Waals surface area (Å²) in [5, 5.41) is 3.24. The first-order valence-corrected chi connectivity index (χ1v) is 10.0. The van der Waals surface area contributed by atoms with E-state index in [1.54, 1.807) is 6.07 Å². The molecule has 0 aliphatic heterocycles. The molecule has 3 aliphatic carbocycles. The van der Waals surface area contributed by atoms with Crippen LogP contribution in [0.3, 0.4) is 0 Å². The van der Waals surface area contributed by atoms with E-state index >= 15 is 0 Å². The predicted molar refractivity (Wildman–Crippen MR) is 97.0 cm³/mol. The Morgan fingerprint density at radius 2 is 1.78 bits per heavy atom. The van der Waals surface area contributed by atoms with Gasteiger partial charge in [-0.1, -0.05) is 12.1 Å². The van der Waals surface area contributed by atoms with E-state index in [0.29, 0.717) is 29.5 Å². The SMILES string of the molecule is CC(c1cccc(C(F)(F)F)c1)N(CC(=O)NC(C1CC1)C1CC1)C1CC1. The lowest BCUT2D eigenvalue weighted by molar-refractivity contribution is -0.137. The largest absolute Gasteiger partial charge is 0.416 e. The van der Waals surface area contributed by atoms with Crippen LogP contribution in [0, 0.1) is 11.8 Å². The van der Waals surface area contributed by atoms with Gasteiger partial charge in [-0.15, -0.1) is 0 Å². The van der Waals surface area contributed by atoms with Gasteiger partial charge < -0.3 is 5.32 Å². The highest BCUT2D eigenvalue weighted by Crippen LogP contribution is 2.44. The van der Waals surface area contributed by atoms with Crippen molar-refractivity contribution in [1.29, 1.82) is 0 Å². The first-order valence-electron chi connectivity index (χ1n) is 10.0. The van der Waals surface area contributed by atoms with Crippen LogP contribution in [0.1, 0.15) is 62.6 Å². The average molecular weight is 380 g/mol. The van der Waals surface area contributed by atoms with Crippen molar-refractivity contribution in [2.45, 2.75) is 69.8 Å². The zero-order chi connectivity index (χ0) is 19.2. The highest BCUT2D eigenvalue weighted by Gasteiger charge is 2.43. The van der Waals surface area contributed by atoms with Crippen molar-refractivity contribution >= 4 is 5.91 Å². The average Bonchev–Trinajstić information content (AvgIpc) is 3.50. The minimum Gasteiger partial charge on any atom is -0.352 e. The van der Waals surface area contributed by atoms with Gasteiger partial charge in [-0.3, -0.25) is 9.69 Å². The summed E-state index contributed by atoms with van der Waals surface area (Å²) in [5.74, 6) is 1.29. The molecule has 3 fully saturated rings. The molecule has 1 N–H and O–H groups in total. The van der Waals surface area contributed by atoms with E-state index in [2.05, 4.69) is 10.2 Å². The first kappa shape index (κ1) is 18.8. The third-order valence-electron chi connectivity index (χ3n) is 6.12. The third-order valence-corrected chi connectivity index (χ3v) is 6.12. The van der Waals surface area contributed by atoms with E-state index in [0.717, 1.165) is 18.9 Å². The summed E-state index contributed by atoms with van der Waals surface area (Å²) in [6.07, 6.45) is 2.47. The molecule has 0 spiro atoms. The Balaban J connectivity index is 1.43. The van der Waals surface area contributed by atoms with Gasteiger partial charge in [0.2, 0.25) is 5.91 Å². The van der Waals surface area contributed by atoms with Gasteiger partial charge in [0.25, 0.3) is 0 Å². The Labute approximate surface area is 158 Å². The van der Waals surface area contributed by atoms with E-state index in [-0.39, 0.29) is 18.5 Å². The number of benzene rings is 1. The lowest BCUT2D eigenvalue weighted by atomic mass is 10.0. The van der Waals surface area contributed by atoms with E-state index in [1.807, 2.05) is 6.92 Å².